The molecule has 0 aliphatic carbocycles. The predicted molar refractivity (Wildman–Crippen MR) is 76.1 cm³/mol. The summed E-state index contributed by atoms with van der Waals surface area (Å²) in [7, 11) is 0. The first-order chi connectivity index (χ1) is 9.63. The van der Waals surface area contributed by atoms with Crippen LogP contribution in [-0.4, -0.2) is 20.4 Å². The van der Waals surface area contributed by atoms with Crippen molar-refractivity contribution in [3.63, 3.8) is 0 Å². The molecule has 0 atom stereocenters. The van der Waals surface area contributed by atoms with E-state index in [0.717, 1.165) is 16.8 Å². The van der Waals surface area contributed by atoms with Gasteiger partial charge in [0.15, 0.2) is 0 Å². The number of rotatable bonds is 3. The molecule has 0 saturated carbocycles. The highest BCUT2D eigenvalue weighted by Crippen LogP contribution is 2.24. The van der Waals surface area contributed by atoms with Crippen LogP contribution in [0.1, 0.15) is 31.0 Å². The summed E-state index contributed by atoms with van der Waals surface area (Å²) in [5.74, 6) is 1.33. The molecule has 0 fully saturated rings. The van der Waals surface area contributed by atoms with Crippen molar-refractivity contribution < 1.29 is 4.42 Å². The first kappa shape index (κ1) is 12.6. The van der Waals surface area contributed by atoms with E-state index >= 15 is 0 Å². The fraction of sp³-hybridized carbons (Fsp3) is 0.267. The largest absolute Gasteiger partial charge is 0.415 e. The number of aromatic nitrogens is 4. The van der Waals surface area contributed by atoms with E-state index in [1.54, 1.807) is 0 Å². The Bertz CT molecular complexity index is 727. The van der Waals surface area contributed by atoms with Crippen molar-refractivity contribution in [1.82, 2.24) is 20.4 Å². The lowest BCUT2D eigenvalue weighted by atomic mass is 10.1. The van der Waals surface area contributed by atoms with E-state index in [1.807, 2.05) is 37.3 Å². The first-order valence-corrected chi connectivity index (χ1v) is 6.59. The van der Waals surface area contributed by atoms with E-state index in [2.05, 4.69) is 34.2 Å². The van der Waals surface area contributed by atoms with E-state index in [9.17, 15) is 0 Å². The quantitative estimate of drug-likeness (QED) is 0.788. The molecule has 0 aliphatic heterocycles. The summed E-state index contributed by atoms with van der Waals surface area (Å²) < 4.78 is 5.70. The summed E-state index contributed by atoms with van der Waals surface area (Å²) in [6.07, 6.45) is 0. The number of aryl methyl sites for hydroxylation is 1. The topological polar surface area (TPSA) is 67.6 Å². The fourth-order valence-electron chi connectivity index (χ4n) is 1.96. The van der Waals surface area contributed by atoms with Gasteiger partial charge in [-0.05, 0) is 31.0 Å². The van der Waals surface area contributed by atoms with Gasteiger partial charge >= 0.3 is 0 Å². The van der Waals surface area contributed by atoms with Crippen molar-refractivity contribution in [1.29, 1.82) is 0 Å². The van der Waals surface area contributed by atoms with Gasteiger partial charge in [0, 0.05) is 11.3 Å². The standard InChI is InChI=1S/C15H16N4O/c1-9(2)12-8-13(17-16-12)15-19-18-14(20-15)11-6-4-5-10(3)7-11/h4-9H,1-3H3,(H,16,17). The number of nitrogens with zero attached hydrogens (tertiary/aromatic N) is 3. The molecule has 3 aromatic rings. The molecule has 0 radical (unpaired) electrons. The molecular weight excluding hydrogens is 252 g/mol. The van der Waals surface area contributed by atoms with Gasteiger partial charge in [-0.25, -0.2) is 0 Å². The Kier molecular flexibility index (Phi) is 3.10. The molecule has 0 aliphatic rings. The molecule has 0 unspecified atom stereocenters. The minimum atomic E-state index is 0.385. The summed E-state index contributed by atoms with van der Waals surface area (Å²) in [5, 5.41) is 15.3. The summed E-state index contributed by atoms with van der Waals surface area (Å²) in [5.41, 5.74) is 3.81. The number of nitrogens with one attached hydrogen (secondary N) is 1. The van der Waals surface area contributed by atoms with Crippen LogP contribution in [0.3, 0.4) is 0 Å². The molecule has 1 aromatic carbocycles. The Labute approximate surface area is 117 Å². The summed E-state index contributed by atoms with van der Waals surface area (Å²) in [6.45, 7) is 6.23. The highest BCUT2D eigenvalue weighted by molar-refractivity contribution is 5.56. The molecule has 0 bridgehead atoms. The molecule has 2 aromatic heterocycles. The molecule has 0 amide bonds. The monoisotopic (exact) mass is 268 g/mol. The van der Waals surface area contributed by atoms with Gasteiger partial charge in [-0.3, -0.25) is 5.10 Å². The Morgan fingerprint density at radius 1 is 1.10 bits per heavy atom. The zero-order valence-electron chi connectivity index (χ0n) is 11.7. The molecule has 5 nitrogen and oxygen atoms in total. The van der Waals surface area contributed by atoms with E-state index in [-0.39, 0.29) is 0 Å². The van der Waals surface area contributed by atoms with Crippen LogP contribution < -0.4 is 0 Å². The van der Waals surface area contributed by atoms with E-state index in [0.29, 0.717) is 23.4 Å². The third-order valence-corrected chi connectivity index (χ3v) is 3.13. The summed E-state index contributed by atoms with van der Waals surface area (Å²) >= 11 is 0. The fourth-order valence-corrected chi connectivity index (χ4v) is 1.96. The molecule has 0 spiro atoms. The highest BCUT2D eigenvalue weighted by Gasteiger charge is 2.14. The van der Waals surface area contributed by atoms with Crippen molar-refractivity contribution in [2.45, 2.75) is 26.7 Å². The molecule has 3 rings (SSSR count). The number of hydrogen-bond acceptors (Lipinski definition) is 4. The maximum atomic E-state index is 5.70. The predicted octanol–water partition coefficient (Wildman–Crippen LogP) is 3.56. The summed E-state index contributed by atoms with van der Waals surface area (Å²) in [6, 6.07) is 9.91. The normalized spacial score (nSPS) is 11.2. The second-order valence-corrected chi connectivity index (χ2v) is 5.15. The van der Waals surface area contributed by atoms with Crippen LogP contribution in [0.5, 0.6) is 0 Å². The number of hydrogen-bond donors (Lipinski definition) is 1. The second kappa shape index (κ2) is 4.92. The molecular formula is C15H16N4O. The van der Waals surface area contributed by atoms with Gasteiger partial charge in [-0.1, -0.05) is 31.5 Å². The zero-order valence-corrected chi connectivity index (χ0v) is 11.7. The average molecular weight is 268 g/mol. The zero-order chi connectivity index (χ0) is 14.1. The van der Waals surface area contributed by atoms with Crippen molar-refractivity contribution in [3.05, 3.63) is 41.6 Å². The minimum absolute atomic E-state index is 0.385. The van der Waals surface area contributed by atoms with Crippen molar-refractivity contribution in [2.75, 3.05) is 0 Å². The van der Waals surface area contributed by atoms with Gasteiger partial charge in [-0.2, -0.15) is 5.10 Å². The van der Waals surface area contributed by atoms with E-state index in [4.69, 9.17) is 4.42 Å². The Morgan fingerprint density at radius 2 is 1.90 bits per heavy atom. The van der Waals surface area contributed by atoms with Crippen LogP contribution in [0.4, 0.5) is 0 Å². The molecule has 2 heterocycles. The van der Waals surface area contributed by atoms with Gasteiger partial charge < -0.3 is 4.42 Å². The van der Waals surface area contributed by atoms with E-state index in [1.165, 1.54) is 0 Å². The lowest BCUT2D eigenvalue weighted by Gasteiger charge is -1.96. The SMILES string of the molecule is Cc1cccc(-c2nnc(-c3cc(C(C)C)[nH]n3)o2)c1. The molecule has 102 valence electrons. The maximum Gasteiger partial charge on any atom is 0.268 e. The van der Waals surface area contributed by atoms with Gasteiger partial charge in [0.05, 0.1) is 0 Å². The van der Waals surface area contributed by atoms with Crippen LogP contribution in [0.15, 0.2) is 34.7 Å². The minimum Gasteiger partial charge on any atom is -0.415 e. The average Bonchev–Trinajstić information content (AvgIpc) is 3.08. The molecule has 5 heteroatoms. The van der Waals surface area contributed by atoms with Gasteiger partial charge in [0.25, 0.3) is 5.89 Å². The van der Waals surface area contributed by atoms with Gasteiger partial charge in [0.2, 0.25) is 5.89 Å². The number of aromatic amines is 1. The van der Waals surface area contributed by atoms with Crippen molar-refractivity contribution >= 4 is 0 Å². The highest BCUT2D eigenvalue weighted by atomic mass is 16.4. The van der Waals surface area contributed by atoms with Gasteiger partial charge in [-0.15, -0.1) is 10.2 Å². The van der Waals surface area contributed by atoms with Crippen LogP contribution in [0.2, 0.25) is 0 Å². The van der Waals surface area contributed by atoms with Crippen LogP contribution in [-0.2, 0) is 0 Å². The number of benzene rings is 1. The van der Waals surface area contributed by atoms with E-state index < -0.39 is 0 Å². The Balaban J connectivity index is 1.93. The van der Waals surface area contributed by atoms with Crippen molar-refractivity contribution in [3.8, 4) is 23.0 Å². The second-order valence-electron chi connectivity index (χ2n) is 5.15. The van der Waals surface area contributed by atoms with Gasteiger partial charge in [0.1, 0.15) is 5.69 Å². The Morgan fingerprint density at radius 3 is 2.60 bits per heavy atom. The van der Waals surface area contributed by atoms with Crippen LogP contribution >= 0.6 is 0 Å². The Hall–Kier alpha value is -2.43. The third kappa shape index (κ3) is 2.34. The molecule has 20 heavy (non-hydrogen) atoms. The van der Waals surface area contributed by atoms with Crippen LogP contribution in [0.25, 0.3) is 23.0 Å². The summed E-state index contributed by atoms with van der Waals surface area (Å²) in [4.78, 5) is 0. The lowest BCUT2D eigenvalue weighted by Crippen LogP contribution is -1.85. The first-order valence-electron chi connectivity index (χ1n) is 6.59. The molecule has 1 N–H and O–H groups in total. The van der Waals surface area contributed by atoms with Crippen LogP contribution in [0, 0.1) is 6.92 Å². The smallest absolute Gasteiger partial charge is 0.268 e. The number of H-pyrrole nitrogens is 1. The maximum absolute atomic E-state index is 5.70. The third-order valence-electron chi connectivity index (χ3n) is 3.13. The van der Waals surface area contributed by atoms with Crippen molar-refractivity contribution in [2.24, 2.45) is 0 Å². The molecule has 0 saturated heterocycles. The lowest BCUT2D eigenvalue weighted by molar-refractivity contribution is 0.582.